The van der Waals surface area contributed by atoms with Crippen molar-refractivity contribution in [2.45, 2.75) is 6.92 Å². The van der Waals surface area contributed by atoms with Gasteiger partial charge in [-0.05, 0) is 31.2 Å². The Balaban J connectivity index is 2.24. The fourth-order valence-electron chi connectivity index (χ4n) is 1.53. The largest absolute Gasteiger partial charge is 0.398 e. The van der Waals surface area contributed by atoms with Crippen LogP contribution in [0.15, 0.2) is 36.4 Å². The molecule has 1 aromatic heterocycles. The van der Waals surface area contributed by atoms with E-state index in [-0.39, 0.29) is 5.91 Å². The fraction of sp³-hybridized carbons (Fsp3) is 0.0769. The molecule has 0 spiro atoms. The van der Waals surface area contributed by atoms with Crippen LogP contribution in [0.3, 0.4) is 0 Å². The Morgan fingerprint density at radius 2 is 2.11 bits per heavy atom. The number of anilines is 2. The summed E-state index contributed by atoms with van der Waals surface area (Å²) in [6.45, 7) is 1.90. The zero-order chi connectivity index (χ0) is 13.1. The quantitative estimate of drug-likeness (QED) is 0.645. The number of nitrogens with one attached hydrogen (secondary N) is 1. The normalized spacial score (nSPS) is 10.1. The van der Waals surface area contributed by atoms with Gasteiger partial charge in [0.25, 0.3) is 5.91 Å². The van der Waals surface area contributed by atoms with E-state index in [1.807, 2.05) is 13.0 Å². The molecule has 92 valence electrons. The van der Waals surface area contributed by atoms with E-state index in [2.05, 4.69) is 10.3 Å². The second kappa shape index (κ2) is 5.06. The Kier molecular flexibility index (Phi) is 3.48. The summed E-state index contributed by atoms with van der Waals surface area (Å²) in [6.07, 6.45) is 0. The van der Waals surface area contributed by atoms with Crippen molar-refractivity contribution in [3.8, 4) is 0 Å². The van der Waals surface area contributed by atoms with Crippen LogP contribution >= 0.6 is 11.6 Å². The summed E-state index contributed by atoms with van der Waals surface area (Å²) in [4.78, 5) is 16.0. The van der Waals surface area contributed by atoms with Crippen molar-refractivity contribution < 1.29 is 4.79 Å². The lowest BCUT2D eigenvalue weighted by Crippen LogP contribution is -2.15. The van der Waals surface area contributed by atoms with Gasteiger partial charge in [0.2, 0.25) is 0 Å². The molecule has 1 amide bonds. The third-order valence-electron chi connectivity index (χ3n) is 2.41. The topological polar surface area (TPSA) is 68.0 Å². The van der Waals surface area contributed by atoms with Gasteiger partial charge in [-0.15, -0.1) is 0 Å². The lowest BCUT2D eigenvalue weighted by Gasteiger charge is -2.07. The average molecular weight is 262 g/mol. The summed E-state index contributed by atoms with van der Waals surface area (Å²) < 4.78 is 0. The maximum atomic E-state index is 12.0. The smallest absolute Gasteiger partial charge is 0.258 e. The molecule has 0 aliphatic carbocycles. The highest BCUT2D eigenvalue weighted by Crippen LogP contribution is 2.16. The van der Waals surface area contributed by atoms with Crippen molar-refractivity contribution >= 4 is 29.0 Å². The molecule has 0 fully saturated rings. The van der Waals surface area contributed by atoms with Gasteiger partial charge in [-0.2, -0.15) is 0 Å². The monoisotopic (exact) mass is 261 g/mol. The van der Waals surface area contributed by atoms with Crippen LogP contribution in [-0.4, -0.2) is 10.9 Å². The van der Waals surface area contributed by atoms with Gasteiger partial charge in [-0.25, -0.2) is 4.98 Å². The third kappa shape index (κ3) is 2.78. The summed E-state index contributed by atoms with van der Waals surface area (Å²) in [5.74, 6) is 0.0966. The van der Waals surface area contributed by atoms with Crippen LogP contribution in [0.2, 0.25) is 5.15 Å². The number of halogens is 1. The van der Waals surface area contributed by atoms with Gasteiger partial charge in [0, 0.05) is 5.69 Å². The van der Waals surface area contributed by atoms with E-state index >= 15 is 0 Å². The molecular formula is C13H12ClN3O. The maximum absolute atomic E-state index is 12.0. The highest BCUT2D eigenvalue weighted by atomic mass is 35.5. The number of aryl methyl sites for hydroxylation is 1. The molecule has 0 atom stereocenters. The molecule has 3 N–H and O–H groups in total. The van der Waals surface area contributed by atoms with Crippen LogP contribution in [0, 0.1) is 6.92 Å². The van der Waals surface area contributed by atoms with E-state index in [0.717, 1.165) is 5.56 Å². The number of hydrogen-bond donors (Lipinski definition) is 2. The molecule has 0 saturated carbocycles. The molecule has 2 aromatic rings. The minimum Gasteiger partial charge on any atom is -0.398 e. The second-order valence-corrected chi connectivity index (χ2v) is 4.28. The van der Waals surface area contributed by atoms with E-state index in [1.165, 1.54) is 0 Å². The van der Waals surface area contributed by atoms with Crippen LogP contribution in [-0.2, 0) is 0 Å². The molecule has 4 nitrogen and oxygen atoms in total. The highest BCUT2D eigenvalue weighted by Gasteiger charge is 2.10. The van der Waals surface area contributed by atoms with Gasteiger partial charge < -0.3 is 11.1 Å². The van der Waals surface area contributed by atoms with Crippen LogP contribution in [0.1, 0.15) is 15.9 Å². The van der Waals surface area contributed by atoms with Crippen LogP contribution < -0.4 is 11.1 Å². The number of nitrogens with zero attached hydrogens (tertiary/aromatic N) is 1. The number of nitrogens with two attached hydrogens (primary N) is 1. The van der Waals surface area contributed by atoms with Gasteiger partial charge in [-0.3, -0.25) is 4.79 Å². The summed E-state index contributed by atoms with van der Waals surface area (Å²) in [6, 6.07) is 10.3. The summed E-state index contributed by atoms with van der Waals surface area (Å²) >= 11 is 5.74. The minimum atomic E-state index is -0.300. The molecule has 0 bridgehead atoms. The van der Waals surface area contributed by atoms with E-state index in [4.69, 9.17) is 17.3 Å². The molecule has 1 aromatic carbocycles. The van der Waals surface area contributed by atoms with Gasteiger partial charge in [0.05, 0.1) is 5.56 Å². The number of hydrogen-bond acceptors (Lipinski definition) is 3. The number of nitrogen functional groups attached to an aromatic ring is 1. The Morgan fingerprint density at radius 1 is 1.33 bits per heavy atom. The predicted molar refractivity (Wildman–Crippen MR) is 72.8 cm³/mol. The zero-order valence-electron chi connectivity index (χ0n) is 9.77. The van der Waals surface area contributed by atoms with Crippen molar-refractivity contribution in [2.75, 3.05) is 11.1 Å². The number of carbonyl (C=O) groups excluding carboxylic acids is 1. The molecule has 2 rings (SSSR count). The summed E-state index contributed by atoms with van der Waals surface area (Å²) in [5.41, 5.74) is 7.59. The molecule has 1 heterocycles. The number of benzene rings is 1. The van der Waals surface area contributed by atoms with Crippen LogP contribution in [0.5, 0.6) is 0 Å². The summed E-state index contributed by atoms with van der Waals surface area (Å²) in [7, 11) is 0. The molecule has 0 saturated heterocycles. The van der Waals surface area contributed by atoms with E-state index in [0.29, 0.717) is 22.2 Å². The minimum absolute atomic E-state index is 0.300. The molecule has 0 aliphatic rings. The fourth-order valence-corrected chi connectivity index (χ4v) is 1.69. The number of pyridine rings is 1. The van der Waals surface area contributed by atoms with Gasteiger partial charge >= 0.3 is 0 Å². The van der Waals surface area contributed by atoms with Crippen molar-refractivity contribution in [3.63, 3.8) is 0 Å². The Bertz CT molecular complexity index is 599. The first kappa shape index (κ1) is 12.4. The Morgan fingerprint density at radius 3 is 2.83 bits per heavy atom. The van der Waals surface area contributed by atoms with Crippen molar-refractivity contribution in [1.82, 2.24) is 4.98 Å². The molecule has 5 heteroatoms. The maximum Gasteiger partial charge on any atom is 0.258 e. The first-order chi connectivity index (χ1) is 8.56. The van der Waals surface area contributed by atoms with E-state index in [1.54, 1.807) is 30.3 Å². The van der Waals surface area contributed by atoms with E-state index < -0.39 is 0 Å². The molecule has 0 unspecified atom stereocenters. The number of carbonyl (C=O) groups is 1. The number of rotatable bonds is 2. The SMILES string of the molecule is Cc1ccc(N)c(C(=O)Nc2cccc(Cl)n2)c1. The average Bonchev–Trinajstić information content (AvgIpc) is 2.32. The van der Waals surface area contributed by atoms with Crippen LogP contribution in [0.4, 0.5) is 11.5 Å². The molecular weight excluding hydrogens is 250 g/mol. The van der Waals surface area contributed by atoms with Crippen molar-refractivity contribution in [1.29, 1.82) is 0 Å². The first-order valence-corrected chi connectivity index (χ1v) is 5.74. The number of amides is 1. The van der Waals surface area contributed by atoms with E-state index in [9.17, 15) is 4.79 Å². The first-order valence-electron chi connectivity index (χ1n) is 5.36. The third-order valence-corrected chi connectivity index (χ3v) is 2.62. The van der Waals surface area contributed by atoms with Crippen LogP contribution in [0.25, 0.3) is 0 Å². The molecule has 0 radical (unpaired) electrons. The lowest BCUT2D eigenvalue weighted by atomic mass is 10.1. The van der Waals surface area contributed by atoms with Gasteiger partial charge in [0.15, 0.2) is 0 Å². The van der Waals surface area contributed by atoms with Gasteiger partial charge in [-0.1, -0.05) is 29.3 Å². The second-order valence-electron chi connectivity index (χ2n) is 3.89. The standard InChI is InChI=1S/C13H12ClN3O/c1-8-5-6-10(15)9(7-8)13(18)17-12-4-2-3-11(14)16-12/h2-7H,15H2,1H3,(H,16,17,18). The summed E-state index contributed by atoms with van der Waals surface area (Å²) in [5, 5.41) is 2.98. The lowest BCUT2D eigenvalue weighted by molar-refractivity contribution is 0.102. The highest BCUT2D eigenvalue weighted by molar-refractivity contribution is 6.29. The Labute approximate surface area is 110 Å². The van der Waals surface area contributed by atoms with Crippen molar-refractivity contribution in [3.05, 3.63) is 52.7 Å². The Hall–Kier alpha value is -2.07. The molecule has 18 heavy (non-hydrogen) atoms. The molecule has 0 aliphatic heterocycles. The van der Waals surface area contributed by atoms with Crippen molar-refractivity contribution in [2.24, 2.45) is 0 Å². The van der Waals surface area contributed by atoms with Gasteiger partial charge in [0.1, 0.15) is 11.0 Å². The zero-order valence-corrected chi connectivity index (χ0v) is 10.5. The number of aromatic nitrogens is 1. The predicted octanol–water partition coefficient (Wildman–Crippen LogP) is 2.88.